The standard InChI is InChI=1S/C25H38N2O3/c1-3-18(2)25(28)26-21-9-7-19(8-10-21)11-14-27-15-12-20(13-16-27)22-5-4-6-23-24(22)30-17-29-23/h4-6,18-21H,3,7-17H2,1-2H3,(H,26,28). The highest BCUT2D eigenvalue weighted by Crippen LogP contribution is 2.42. The minimum atomic E-state index is 0.140. The summed E-state index contributed by atoms with van der Waals surface area (Å²) in [7, 11) is 0. The van der Waals surface area contributed by atoms with E-state index in [-0.39, 0.29) is 11.8 Å². The average molecular weight is 415 g/mol. The van der Waals surface area contributed by atoms with Crippen molar-refractivity contribution in [1.29, 1.82) is 0 Å². The minimum absolute atomic E-state index is 0.140. The average Bonchev–Trinajstić information content (AvgIpc) is 3.27. The Morgan fingerprint density at radius 1 is 1.13 bits per heavy atom. The smallest absolute Gasteiger partial charge is 0.231 e. The van der Waals surface area contributed by atoms with Gasteiger partial charge >= 0.3 is 0 Å². The van der Waals surface area contributed by atoms with Gasteiger partial charge in [0.2, 0.25) is 12.7 Å². The van der Waals surface area contributed by atoms with E-state index in [1.54, 1.807) is 0 Å². The van der Waals surface area contributed by atoms with E-state index in [1.165, 1.54) is 57.3 Å². The molecule has 1 atom stereocenters. The first-order valence-corrected chi connectivity index (χ1v) is 12.0. The van der Waals surface area contributed by atoms with Crippen LogP contribution in [0, 0.1) is 11.8 Å². The summed E-state index contributed by atoms with van der Waals surface area (Å²) in [5, 5.41) is 3.27. The molecule has 0 radical (unpaired) electrons. The van der Waals surface area contributed by atoms with E-state index in [2.05, 4.69) is 29.3 Å². The van der Waals surface area contributed by atoms with Crippen molar-refractivity contribution >= 4 is 5.91 Å². The Bertz CT molecular complexity index is 706. The summed E-state index contributed by atoms with van der Waals surface area (Å²) in [5.74, 6) is 3.68. The van der Waals surface area contributed by atoms with Gasteiger partial charge < -0.3 is 19.7 Å². The van der Waals surface area contributed by atoms with E-state index in [4.69, 9.17) is 9.47 Å². The maximum Gasteiger partial charge on any atom is 0.231 e. The number of hydrogen-bond acceptors (Lipinski definition) is 4. The second-order valence-corrected chi connectivity index (χ2v) is 9.52. The van der Waals surface area contributed by atoms with Gasteiger partial charge in [0, 0.05) is 17.5 Å². The second-order valence-electron chi connectivity index (χ2n) is 9.52. The van der Waals surface area contributed by atoms with Crippen LogP contribution >= 0.6 is 0 Å². The number of amides is 1. The number of fused-ring (bicyclic) bond motifs is 1. The first-order chi connectivity index (χ1) is 14.6. The zero-order chi connectivity index (χ0) is 20.9. The summed E-state index contributed by atoms with van der Waals surface area (Å²) in [4.78, 5) is 14.8. The maximum absolute atomic E-state index is 12.1. The molecule has 1 aliphatic carbocycles. The molecule has 1 aromatic rings. The zero-order valence-electron chi connectivity index (χ0n) is 18.7. The van der Waals surface area contributed by atoms with Gasteiger partial charge in [0.1, 0.15) is 0 Å². The van der Waals surface area contributed by atoms with Crippen LogP contribution in [-0.4, -0.2) is 43.3 Å². The minimum Gasteiger partial charge on any atom is -0.454 e. The van der Waals surface area contributed by atoms with Crippen molar-refractivity contribution in [2.45, 2.75) is 77.2 Å². The Hall–Kier alpha value is -1.75. The van der Waals surface area contributed by atoms with Crippen molar-refractivity contribution < 1.29 is 14.3 Å². The number of hydrogen-bond donors (Lipinski definition) is 1. The van der Waals surface area contributed by atoms with Crippen LogP contribution < -0.4 is 14.8 Å². The molecule has 3 aliphatic rings. The van der Waals surface area contributed by atoms with Crippen LogP contribution in [0.25, 0.3) is 0 Å². The second kappa shape index (κ2) is 10.0. The number of benzene rings is 1. The van der Waals surface area contributed by atoms with E-state index in [0.717, 1.165) is 36.7 Å². The quantitative estimate of drug-likeness (QED) is 0.702. The summed E-state index contributed by atoms with van der Waals surface area (Å²) < 4.78 is 11.3. The van der Waals surface area contributed by atoms with Crippen LogP contribution in [0.4, 0.5) is 0 Å². The number of nitrogens with zero attached hydrogens (tertiary/aromatic N) is 1. The van der Waals surface area contributed by atoms with Crippen molar-refractivity contribution in [3.8, 4) is 11.5 Å². The lowest BCUT2D eigenvalue weighted by molar-refractivity contribution is -0.125. The molecular weight excluding hydrogens is 376 g/mol. The highest BCUT2D eigenvalue weighted by molar-refractivity contribution is 5.78. The van der Waals surface area contributed by atoms with Gasteiger partial charge in [-0.2, -0.15) is 0 Å². The van der Waals surface area contributed by atoms with E-state index in [1.807, 2.05) is 13.0 Å². The molecule has 2 fully saturated rings. The molecular formula is C25H38N2O3. The van der Waals surface area contributed by atoms with Crippen LogP contribution in [0.2, 0.25) is 0 Å². The summed E-state index contributed by atoms with van der Waals surface area (Å²) in [6.45, 7) is 8.03. The molecule has 166 valence electrons. The third kappa shape index (κ3) is 5.11. The van der Waals surface area contributed by atoms with Crippen molar-refractivity contribution in [3.63, 3.8) is 0 Å². The van der Waals surface area contributed by atoms with Crippen LogP contribution in [0.3, 0.4) is 0 Å². The number of carbonyl (C=O) groups is 1. The largest absolute Gasteiger partial charge is 0.454 e. The molecule has 0 bridgehead atoms. The number of piperidine rings is 1. The maximum atomic E-state index is 12.1. The third-order valence-electron chi connectivity index (χ3n) is 7.56. The van der Waals surface area contributed by atoms with Gasteiger partial charge in [-0.1, -0.05) is 26.0 Å². The highest BCUT2D eigenvalue weighted by atomic mass is 16.7. The van der Waals surface area contributed by atoms with Gasteiger partial charge in [-0.15, -0.1) is 0 Å². The number of para-hydroxylation sites is 1. The lowest BCUT2D eigenvalue weighted by atomic mass is 9.83. The van der Waals surface area contributed by atoms with Gasteiger partial charge in [-0.3, -0.25) is 4.79 Å². The molecule has 4 rings (SSSR count). The lowest BCUT2D eigenvalue weighted by Crippen LogP contribution is -2.40. The summed E-state index contributed by atoms with van der Waals surface area (Å²) in [5.41, 5.74) is 1.34. The predicted octanol–water partition coefficient (Wildman–Crippen LogP) is 4.71. The molecule has 1 saturated heterocycles. The van der Waals surface area contributed by atoms with Crippen molar-refractivity contribution in [1.82, 2.24) is 10.2 Å². The molecule has 1 aromatic carbocycles. The van der Waals surface area contributed by atoms with E-state index in [0.29, 0.717) is 18.8 Å². The fraction of sp³-hybridized carbons (Fsp3) is 0.720. The SMILES string of the molecule is CCC(C)C(=O)NC1CCC(CCN2CCC(c3cccc4c3OCO4)CC2)CC1. The highest BCUT2D eigenvalue weighted by Gasteiger charge is 2.28. The molecule has 2 heterocycles. The molecule has 0 spiro atoms. The monoisotopic (exact) mass is 414 g/mol. The van der Waals surface area contributed by atoms with Gasteiger partial charge in [-0.25, -0.2) is 0 Å². The third-order valence-corrected chi connectivity index (χ3v) is 7.56. The molecule has 1 saturated carbocycles. The molecule has 1 amide bonds. The van der Waals surface area contributed by atoms with E-state index >= 15 is 0 Å². The summed E-state index contributed by atoms with van der Waals surface area (Å²) in [6.07, 6.45) is 9.44. The molecule has 1 unspecified atom stereocenters. The van der Waals surface area contributed by atoms with Gasteiger partial charge in [0.05, 0.1) is 0 Å². The summed E-state index contributed by atoms with van der Waals surface area (Å²) >= 11 is 0. The van der Waals surface area contributed by atoms with Gasteiger partial charge in [0.25, 0.3) is 0 Å². The molecule has 5 nitrogen and oxygen atoms in total. The zero-order valence-corrected chi connectivity index (χ0v) is 18.7. The first kappa shape index (κ1) is 21.5. The Morgan fingerprint density at radius 3 is 2.63 bits per heavy atom. The summed E-state index contributed by atoms with van der Waals surface area (Å²) in [6, 6.07) is 6.71. The number of ether oxygens (including phenoxy) is 2. The molecule has 1 N–H and O–H groups in total. The van der Waals surface area contributed by atoms with Gasteiger partial charge in [-0.05, 0) is 88.9 Å². The fourth-order valence-electron chi connectivity index (χ4n) is 5.23. The van der Waals surface area contributed by atoms with Crippen LogP contribution in [0.1, 0.15) is 76.7 Å². The Balaban J connectivity index is 1.16. The van der Waals surface area contributed by atoms with Crippen LogP contribution in [0.15, 0.2) is 18.2 Å². The fourth-order valence-corrected chi connectivity index (χ4v) is 5.23. The van der Waals surface area contributed by atoms with E-state index < -0.39 is 0 Å². The van der Waals surface area contributed by atoms with Crippen molar-refractivity contribution in [3.05, 3.63) is 23.8 Å². The first-order valence-electron chi connectivity index (χ1n) is 12.0. The molecule has 0 aromatic heterocycles. The lowest BCUT2D eigenvalue weighted by Gasteiger charge is -2.35. The number of likely N-dealkylation sites (tertiary alicyclic amines) is 1. The Kier molecular flexibility index (Phi) is 7.19. The normalized spacial score (nSPS) is 25.8. The Morgan fingerprint density at radius 2 is 1.90 bits per heavy atom. The number of carbonyl (C=O) groups excluding carboxylic acids is 1. The topological polar surface area (TPSA) is 50.8 Å². The van der Waals surface area contributed by atoms with Gasteiger partial charge in [0.15, 0.2) is 11.5 Å². The Labute approximate surface area is 181 Å². The number of rotatable bonds is 7. The van der Waals surface area contributed by atoms with Crippen LogP contribution in [-0.2, 0) is 4.79 Å². The molecule has 2 aliphatic heterocycles. The van der Waals surface area contributed by atoms with Crippen molar-refractivity contribution in [2.24, 2.45) is 11.8 Å². The number of nitrogens with one attached hydrogen (secondary N) is 1. The molecule has 30 heavy (non-hydrogen) atoms. The molecule has 5 heteroatoms. The van der Waals surface area contributed by atoms with Crippen LogP contribution in [0.5, 0.6) is 11.5 Å². The van der Waals surface area contributed by atoms with Crippen molar-refractivity contribution in [2.75, 3.05) is 26.4 Å². The van der Waals surface area contributed by atoms with E-state index in [9.17, 15) is 4.79 Å². The predicted molar refractivity (Wildman–Crippen MR) is 119 cm³/mol.